The van der Waals surface area contributed by atoms with E-state index in [4.69, 9.17) is 10.5 Å². The van der Waals surface area contributed by atoms with Crippen molar-refractivity contribution in [2.45, 2.75) is 52.0 Å². The number of hydrogen-bond acceptors (Lipinski definition) is 2. The highest BCUT2D eigenvalue weighted by atomic mass is 16.5. The molecule has 2 aromatic carbocycles. The molecule has 2 heteroatoms. The highest BCUT2D eigenvalue weighted by molar-refractivity contribution is 5.89. The summed E-state index contributed by atoms with van der Waals surface area (Å²) in [7, 11) is 0. The Hall–Kier alpha value is -1.54. The Morgan fingerprint density at radius 1 is 1.00 bits per heavy atom. The van der Waals surface area contributed by atoms with Gasteiger partial charge in [-0.2, -0.15) is 0 Å². The summed E-state index contributed by atoms with van der Waals surface area (Å²) in [5, 5.41) is 2.38. The molecule has 2 rings (SSSR count). The van der Waals surface area contributed by atoms with Gasteiger partial charge in [-0.1, -0.05) is 69.0 Å². The smallest absolute Gasteiger partial charge is 0.131 e. The normalized spacial score (nSPS) is 12.5. The van der Waals surface area contributed by atoms with Gasteiger partial charge in [-0.3, -0.25) is 0 Å². The van der Waals surface area contributed by atoms with E-state index in [9.17, 15) is 0 Å². The minimum atomic E-state index is -0.00954. The summed E-state index contributed by atoms with van der Waals surface area (Å²) in [5.41, 5.74) is 7.19. The Labute approximate surface area is 128 Å². The molecule has 0 bridgehead atoms. The van der Waals surface area contributed by atoms with Gasteiger partial charge in [-0.15, -0.1) is 0 Å². The maximum absolute atomic E-state index is 6.11. The summed E-state index contributed by atoms with van der Waals surface area (Å²) >= 11 is 0. The number of fused-ring (bicyclic) bond motifs is 1. The van der Waals surface area contributed by atoms with Crippen molar-refractivity contribution in [3.05, 3.63) is 42.0 Å². The number of unbranched alkanes of at least 4 members (excludes halogenated alkanes) is 4. The van der Waals surface area contributed by atoms with Gasteiger partial charge in [0.2, 0.25) is 0 Å². The lowest BCUT2D eigenvalue weighted by molar-refractivity contribution is 0.304. The second kappa shape index (κ2) is 8.04. The van der Waals surface area contributed by atoms with Crippen molar-refractivity contribution in [2.24, 2.45) is 5.73 Å². The molecule has 0 heterocycles. The van der Waals surface area contributed by atoms with Gasteiger partial charge in [-0.25, -0.2) is 0 Å². The highest BCUT2D eigenvalue weighted by Gasteiger charge is 2.11. The van der Waals surface area contributed by atoms with E-state index in [0.717, 1.165) is 24.3 Å². The fourth-order valence-electron chi connectivity index (χ4n) is 2.66. The van der Waals surface area contributed by atoms with Crippen molar-refractivity contribution in [3.63, 3.8) is 0 Å². The molecule has 0 spiro atoms. The average Bonchev–Trinajstić information content (AvgIpc) is 2.50. The molecule has 0 amide bonds. The molecule has 21 heavy (non-hydrogen) atoms. The molecule has 0 fully saturated rings. The molecule has 2 nitrogen and oxygen atoms in total. The minimum Gasteiger partial charge on any atom is -0.493 e. The van der Waals surface area contributed by atoms with Gasteiger partial charge in [0.05, 0.1) is 6.61 Å². The minimum absolute atomic E-state index is 0.00954. The fraction of sp³-hybridized carbons (Fsp3) is 0.474. The molecule has 0 aliphatic carbocycles. The first-order valence-electron chi connectivity index (χ1n) is 8.14. The van der Waals surface area contributed by atoms with Gasteiger partial charge in [0.1, 0.15) is 5.75 Å². The van der Waals surface area contributed by atoms with E-state index in [1.54, 1.807) is 0 Å². The third kappa shape index (κ3) is 4.21. The van der Waals surface area contributed by atoms with Crippen molar-refractivity contribution in [2.75, 3.05) is 6.61 Å². The highest BCUT2D eigenvalue weighted by Crippen LogP contribution is 2.33. The van der Waals surface area contributed by atoms with Gasteiger partial charge in [0.25, 0.3) is 0 Å². The number of hydrogen-bond donors (Lipinski definition) is 1. The average molecular weight is 285 g/mol. The van der Waals surface area contributed by atoms with Crippen LogP contribution in [0.4, 0.5) is 0 Å². The number of ether oxygens (including phenoxy) is 1. The van der Waals surface area contributed by atoms with Gasteiger partial charge in [0.15, 0.2) is 0 Å². The van der Waals surface area contributed by atoms with Crippen molar-refractivity contribution < 1.29 is 4.74 Å². The molecule has 0 aliphatic heterocycles. The lowest BCUT2D eigenvalue weighted by Crippen LogP contribution is -2.09. The zero-order valence-corrected chi connectivity index (χ0v) is 13.3. The molecule has 2 aromatic rings. The van der Waals surface area contributed by atoms with Crippen LogP contribution >= 0.6 is 0 Å². The molecule has 1 atom stereocenters. The molecule has 0 aliphatic rings. The van der Waals surface area contributed by atoms with Crippen LogP contribution in [0.2, 0.25) is 0 Å². The first kappa shape index (κ1) is 15.8. The van der Waals surface area contributed by atoms with Crippen LogP contribution in [0, 0.1) is 0 Å². The first-order chi connectivity index (χ1) is 10.2. The Morgan fingerprint density at radius 2 is 1.76 bits per heavy atom. The van der Waals surface area contributed by atoms with E-state index < -0.39 is 0 Å². The molecule has 114 valence electrons. The zero-order chi connectivity index (χ0) is 15.1. The van der Waals surface area contributed by atoms with Crippen LogP contribution in [0.3, 0.4) is 0 Å². The topological polar surface area (TPSA) is 35.2 Å². The quantitative estimate of drug-likeness (QED) is 0.676. The van der Waals surface area contributed by atoms with Crippen LogP contribution in [0.5, 0.6) is 5.75 Å². The second-order valence-corrected chi connectivity index (χ2v) is 5.76. The molecule has 0 unspecified atom stereocenters. The molecule has 2 N–H and O–H groups in total. The van der Waals surface area contributed by atoms with E-state index in [0.29, 0.717) is 0 Å². The molecule has 0 saturated heterocycles. The predicted octanol–water partition coefficient (Wildman–Crippen LogP) is 5.21. The molecule has 0 radical (unpaired) electrons. The zero-order valence-electron chi connectivity index (χ0n) is 13.3. The Balaban J connectivity index is 2.10. The standard InChI is InChI=1S/C19H27NO/c1-3-4-5-6-9-14-21-19-17(15(2)20)13-12-16-10-7-8-11-18(16)19/h7-8,10-13,15H,3-6,9,14,20H2,1-2H3/t15-/m1/s1. The van der Waals surface area contributed by atoms with E-state index in [-0.39, 0.29) is 6.04 Å². The summed E-state index contributed by atoms with van der Waals surface area (Å²) in [6.07, 6.45) is 6.25. The van der Waals surface area contributed by atoms with Gasteiger partial charge in [0, 0.05) is 17.0 Å². The van der Waals surface area contributed by atoms with Crippen molar-refractivity contribution >= 4 is 10.8 Å². The van der Waals surface area contributed by atoms with Crippen molar-refractivity contribution in [1.29, 1.82) is 0 Å². The maximum Gasteiger partial charge on any atom is 0.131 e. The van der Waals surface area contributed by atoms with E-state index in [1.807, 2.05) is 6.92 Å². The summed E-state index contributed by atoms with van der Waals surface area (Å²) in [6.45, 7) is 5.02. The molecular formula is C19H27NO. The Morgan fingerprint density at radius 3 is 2.52 bits per heavy atom. The second-order valence-electron chi connectivity index (χ2n) is 5.76. The van der Waals surface area contributed by atoms with Crippen LogP contribution in [0.15, 0.2) is 36.4 Å². The number of benzene rings is 2. The monoisotopic (exact) mass is 285 g/mol. The van der Waals surface area contributed by atoms with Crippen LogP contribution in [-0.4, -0.2) is 6.61 Å². The molecular weight excluding hydrogens is 258 g/mol. The molecule has 0 aromatic heterocycles. The number of rotatable bonds is 8. The van der Waals surface area contributed by atoms with Gasteiger partial charge >= 0.3 is 0 Å². The summed E-state index contributed by atoms with van der Waals surface area (Å²) < 4.78 is 6.11. The van der Waals surface area contributed by atoms with Crippen LogP contribution in [0.1, 0.15) is 57.6 Å². The van der Waals surface area contributed by atoms with Crippen LogP contribution in [-0.2, 0) is 0 Å². The Bertz CT molecular complexity index is 562. The fourth-order valence-corrected chi connectivity index (χ4v) is 2.66. The lowest BCUT2D eigenvalue weighted by atomic mass is 10.0. The van der Waals surface area contributed by atoms with E-state index in [1.165, 1.54) is 36.5 Å². The summed E-state index contributed by atoms with van der Waals surface area (Å²) in [6, 6.07) is 12.6. The Kier molecular flexibility index (Phi) is 6.06. The lowest BCUT2D eigenvalue weighted by Gasteiger charge is -2.16. The van der Waals surface area contributed by atoms with Gasteiger partial charge in [-0.05, 0) is 18.7 Å². The first-order valence-corrected chi connectivity index (χ1v) is 8.14. The predicted molar refractivity (Wildman–Crippen MR) is 90.8 cm³/mol. The van der Waals surface area contributed by atoms with Crippen molar-refractivity contribution in [3.8, 4) is 5.75 Å². The molecule has 0 saturated carbocycles. The summed E-state index contributed by atoms with van der Waals surface area (Å²) in [4.78, 5) is 0. The van der Waals surface area contributed by atoms with Crippen LogP contribution in [0.25, 0.3) is 10.8 Å². The SMILES string of the molecule is CCCCCCCOc1c([C@@H](C)N)ccc2ccccc12. The number of nitrogens with two attached hydrogens (primary N) is 1. The third-order valence-electron chi connectivity index (χ3n) is 3.89. The van der Waals surface area contributed by atoms with E-state index in [2.05, 4.69) is 43.3 Å². The van der Waals surface area contributed by atoms with Gasteiger partial charge < -0.3 is 10.5 Å². The van der Waals surface area contributed by atoms with Crippen LogP contribution < -0.4 is 10.5 Å². The van der Waals surface area contributed by atoms with E-state index >= 15 is 0 Å². The third-order valence-corrected chi connectivity index (χ3v) is 3.89. The maximum atomic E-state index is 6.11. The van der Waals surface area contributed by atoms with Crippen molar-refractivity contribution in [1.82, 2.24) is 0 Å². The largest absolute Gasteiger partial charge is 0.493 e. The summed E-state index contributed by atoms with van der Waals surface area (Å²) in [5.74, 6) is 0.971.